The molecule has 0 heterocycles. The van der Waals surface area contributed by atoms with Crippen LogP contribution in [0.1, 0.15) is 29.9 Å². The average molecular weight is 311 g/mol. The third kappa shape index (κ3) is 5.58. The molecule has 0 fully saturated rings. The molecular weight excluding hydrogens is 290 g/mol. The van der Waals surface area contributed by atoms with Crippen LogP contribution in [0.5, 0.6) is 0 Å². The molecule has 0 bridgehead atoms. The van der Waals surface area contributed by atoms with Crippen LogP contribution in [-0.4, -0.2) is 23.5 Å². The zero-order chi connectivity index (χ0) is 16.5. The van der Waals surface area contributed by atoms with Crippen molar-refractivity contribution < 1.29 is 14.7 Å². The first-order valence-electron chi connectivity index (χ1n) is 7.75. The summed E-state index contributed by atoms with van der Waals surface area (Å²) < 4.78 is 0. The number of aliphatic carboxylic acids is 1. The Hall–Kier alpha value is -2.62. The topological polar surface area (TPSA) is 66.4 Å². The van der Waals surface area contributed by atoms with Gasteiger partial charge in [0.1, 0.15) is 0 Å². The number of rotatable bonds is 8. The maximum atomic E-state index is 11.9. The molecule has 0 saturated carbocycles. The molecule has 2 aromatic carbocycles. The Kier molecular flexibility index (Phi) is 6.36. The Balaban J connectivity index is 1.77. The fourth-order valence-corrected chi connectivity index (χ4v) is 2.44. The predicted octanol–water partition coefficient (Wildman–Crippen LogP) is 2.99. The van der Waals surface area contributed by atoms with E-state index in [1.165, 1.54) is 5.56 Å². The van der Waals surface area contributed by atoms with Crippen molar-refractivity contribution in [2.24, 2.45) is 0 Å². The zero-order valence-electron chi connectivity index (χ0n) is 12.9. The smallest absolute Gasteiger partial charge is 0.312 e. The molecule has 4 nitrogen and oxygen atoms in total. The lowest BCUT2D eigenvalue weighted by Gasteiger charge is -2.13. The van der Waals surface area contributed by atoms with Crippen molar-refractivity contribution >= 4 is 11.9 Å². The first-order valence-corrected chi connectivity index (χ1v) is 7.75. The second-order valence-electron chi connectivity index (χ2n) is 5.44. The summed E-state index contributed by atoms with van der Waals surface area (Å²) in [6.07, 6.45) is 1.99. The lowest BCUT2D eigenvalue weighted by Crippen LogP contribution is -2.31. The Morgan fingerprint density at radius 3 is 2.17 bits per heavy atom. The molecule has 0 radical (unpaired) electrons. The van der Waals surface area contributed by atoms with E-state index in [2.05, 4.69) is 5.32 Å². The van der Waals surface area contributed by atoms with E-state index < -0.39 is 11.9 Å². The lowest BCUT2D eigenvalue weighted by molar-refractivity contribution is -0.138. The summed E-state index contributed by atoms with van der Waals surface area (Å²) >= 11 is 0. The number of carboxylic acids is 1. The lowest BCUT2D eigenvalue weighted by atomic mass is 9.99. The highest BCUT2D eigenvalue weighted by Gasteiger charge is 2.20. The molecule has 120 valence electrons. The molecule has 1 unspecified atom stereocenters. The minimum atomic E-state index is -0.930. The molecule has 0 aliphatic heterocycles. The van der Waals surface area contributed by atoms with Crippen molar-refractivity contribution in [1.29, 1.82) is 0 Å². The van der Waals surface area contributed by atoms with E-state index in [4.69, 9.17) is 0 Å². The summed E-state index contributed by atoms with van der Waals surface area (Å²) in [4.78, 5) is 23.2. The second-order valence-corrected chi connectivity index (χ2v) is 5.44. The number of carbonyl (C=O) groups is 2. The van der Waals surface area contributed by atoms with Crippen LogP contribution in [0.25, 0.3) is 0 Å². The van der Waals surface area contributed by atoms with Gasteiger partial charge in [0.2, 0.25) is 5.91 Å². The number of amides is 1. The normalized spacial score (nSPS) is 11.7. The fourth-order valence-electron chi connectivity index (χ4n) is 2.44. The molecule has 23 heavy (non-hydrogen) atoms. The van der Waals surface area contributed by atoms with Crippen LogP contribution in [0.2, 0.25) is 0 Å². The van der Waals surface area contributed by atoms with Crippen LogP contribution in [0, 0.1) is 0 Å². The van der Waals surface area contributed by atoms with Crippen molar-refractivity contribution in [3.63, 3.8) is 0 Å². The minimum Gasteiger partial charge on any atom is -0.481 e. The number of benzene rings is 2. The number of carboxylic acid groups (broad SMARTS) is 1. The van der Waals surface area contributed by atoms with E-state index in [0.29, 0.717) is 12.0 Å². The molecule has 1 amide bonds. The van der Waals surface area contributed by atoms with E-state index in [1.807, 2.05) is 36.4 Å². The highest BCUT2D eigenvalue weighted by Crippen LogP contribution is 2.15. The van der Waals surface area contributed by atoms with E-state index in [1.54, 1.807) is 24.3 Å². The number of hydrogen-bond acceptors (Lipinski definition) is 2. The standard InChI is InChI=1S/C19H21NO3/c21-18(13-7-10-15-8-3-1-4-9-15)20-14-17(19(22)23)16-11-5-2-6-12-16/h1-6,8-9,11-12,17H,7,10,13-14H2,(H,20,21)(H,22,23). The minimum absolute atomic E-state index is 0.108. The van der Waals surface area contributed by atoms with E-state index in [-0.39, 0.29) is 12.5 Å². The molecule has 0 aliphatic rings. The van der Waals surface area contributed by atoms with Gasteiger partial charge >= 0.3 is 5.97 Å². The quantitative estimate of drug-likeness (QED) is 0.787. The maximum Gasteiger partial charge on any atom is 0.312 e. The Morgan fingerprint density at radius 2 is 1.57 bits per heavy atom. The molecule has 0 spiro atoms. The molecule has 4 heteroatoms. The SMILES string of the molecule is O=C(CCCc1ccccc1)NCC(C(=O)O)c1ccccc1. The van der Waals surface area contributed by atoms with Crippen LogP contribution in [0.3, 0.4) is 0 Å². The van der Waals surface area contributed by atoms with Gasteiger partial charge in [-0.25, -0.2) is 0 Å². The summed E-state index contributed by atoms with van der Waals surface area (Å²) in [5.74, 6) is -1.75. The van der Waals surface area contributed by atoms with Gasteiger partial charge < -0.3 is 10.4 Å². The molecule has 2 rings (SSSR count). The van der Waals surface area contributed by atoms with Gasteiger partial charge in [0, 0.05) is 13.0 Å². The van der Waals surface area contributed by atoms with Gasteiger partial charge in [-0.3, -0.25) is 9.59 Å². The molecular formula is C19H21NO3. The van der Waals surface area contributed by atoms with Gasteiger partial charge in [-0.2, -0.15) is 0 Å². The Morgan fingerprint density at radius 1 is 0.957 bits per heavy atom. The molecule has 2 N–H and O–H groups in total. The molecule has 0 aliphatic carbocycles. The van der Waals surface area contributed by atoms with Crippen molar-refractivity contribution in [3.05, 3.63) is 71.8 Å². The maximum absolute atomic E-state index is 11.9. The summed E-state index contributed by atoms with van der Waals surface area (Å²) in [7, 11) is 0. The number of hydrogen-bond donors (Lipinski definition) is 2. The van der Waals surface area contributed by atoms with Crippen molar-refractivity contribution in [2.75, 3.05) is 6.54 Å². The van der Waals surface area contributed by atoms with E-state index in [9.17, 15) is 14.7 Å². The van der Waals surface area contributed by atoms with Crippen LogP contribution >= 0.6 is 0 Å². The summed E-state index contributed by atoms with van der Waals surface area (Å²) in [5.41, 5.74) is 1.90. The fraction of sp³-hybridized carbons (Fsp3) is 0.263. The van der Waals surface area contributed by atoms with Gasteiger partial charge in [0.25, 0.3) is 0 Å². The molecule has 0 aromatic heterocycles. The van der Waals surface area contributed by atoms with E-state index >= 15 is 0 Å². The number of aryl methyl sites for hydroxylation is 1. The van der Waals surface area contributed by atoms with E-state index in [0.717, 1.165) is 12.8 Å². The first-order chi connectivity index (χ1) is 11.2. The van der Waals surface area contributed by atoms with Gasteiger partial charge in [-0.1, -0.05) is 60.7 Å². The third-order valence-corrected chi connectivity index (χ3v) is 3.72. The highest BCUT2D eigenvalue weighted by atomic mass is 16.4. The van der Waals surface area contributed by atoms with Gasteiger partial charge in [0.05, 0.1) is 5.92 Å². The van der Waals surface area contributed by atoms with Crippen molar-refractivity contribution in [1.82, 2.24) is 5.32 Å². The molecule has 0 saturated heterocycles. The van der Waals surface area contributed by atoms with Gasteiger partial charge in [-0.05, 0) is 24.0 Å². The zero-order valence-corrected chi connectivity index (χ0v) is 12.9. The van der Waals surface area contributed by atoms with Crippen LogP contribution in [-0.2, 0) is 16.0 Å². The van der Waals surface area contributed by atoms with Crippen LogP contribution < -0.4 is 5.32 Å². The highest BCUT2D eigenvalue weighted by molar-refractivity contribution is 5.79. The van der Waals surface area contributed by atoms with Crippen LogP contribution in [0.4, 0.5) is 0 Å². The largest absolute Gasteiger partial charge is 0.481 e. The Labute approximate surface area is 136 Å². The summed E-state index contributed by atoms with van der Waals surface area (Å²) in [6, 6.07) is 19.0. The Bertz CT molecular complexity index is 626. The van der Waals surface area contributed by atoms with Crippen LogP contribution in [0.15, 0.2) is 60.7 Å². The van der Waals surface area contributed by atoms with Gasteiger partial charge in [-0.15, -0.1) is 0 Å². The van der Waals surface area contributed by atoms with Gasteiger partial charge in [0.15, 0.2) is 0 Å². The predicted molar refractivity (Wildman–Crippen MR) is 89.2 cm³/mol. The number of carbonyl (C=O) groups excluding carboxylic acids is 1. The first kappa shape index (κ1) is 16.7. The third-order valence-electron chi connectivity index (χ3n) is 3.72. The second kappa shape index (κ2) is 8.73. The van der Waals surface area contributed by atoms with Crippen molar-refractivity contribution in [2.45, 2.75) is 25.2 Å². The number of nitrogens with one attached hydrogen (secondary N) is 1. The van der Waals surface area contributed by atoms with Crippen molar-refractivity contribution in [3.8, 4) is 0 Å². The molecule has 1 atom stereocenters. The monoisotopic (exact) mass is 311 g/mol. The average Bonchev–Trinajstić information content (AvgIpc) is 2.57. The molecule has 2 aromatic rings. The summed E-state index contributed by atoms with van der Waals surface area (Å²) in [5, 5.41) is 12.0. The summed E-state index contributed by atoms with van der Waals surface area (Å²) in [6.45, 7) is 0.115.